The molecule has 1 aliphatic heterocycles. The van der Waals surface area contributed by atoms with Crippen molar-refractivity contribution < 1.29 is 0 Å². The van der Waals surface area contributed by atoms with Gasteiger partial charge in [0.2, 0.25) is 0 Å². The molecule has 0 aliphatic carbocycles. The maximum Gasteiger partial charge on any atom is 0.00955 e. The Hall–Kier alpha value is -0.0400. The molecule has 1 unspecified atom stereocenters. The zero-order valence-corrected chi connectivity index (χ0v) is 7.76. The van der Waals surface area contributed by atoms with E-state index >= 15 is 0 Å². The first-order valence-corrected chi connectivity index (χ1v) is 4.27. The fourth-order valence-electron chi connectivity index (χ4n) is 1.99. The molecule has 0 amide bonds. The van der Waals surface area contributed by atoms with Gasteiger partial charge >= 0.3 is 0 Å². The van der Waals surface area contributed by atoms with E-state index in [9.17, 15) is 0 Å². The zero-order valence-electron chi connectivity index (χ0n) is 7.76. The molecule has 1 heteroatoms. The van der Waals surface area contributed by atoms with Gasteiger partial charge < -0.3 is 4.90 Å². The van der Waals surface area contributed by atoms with E-state index in [1.807, 2.05) is 0 Å². The average Bonchev–Trinajstić information content (AvgIpc) is 2.07. The quantitative estimate of drug-likeness (QED) is 0.498. The van der Waals surface area contributed by atoms with Crippen molar-refractivity contribution in [2.24, 2.45) is 11.8 Å². The topological polar surface area (TPSA) is 3.24 Å². The molecule has 0 aromatic carbocycles. The Balaban J connectivity index is 2.68. The summed E-state index contributed by atoms with van der Waals surface area (Å²) in [5, 5.41) is 0. The van der Waals surface area contributed by atoms with Crippen molar-refractivity contribution in [2.75, 3.05) is 7.05 Å². The molecule has 1 heterocycles. The fourth-order valence-corrected chi connectivity index (χ4v) is 1.99. The van der Waals surface area contributed by atoms with Gasteiger partial charge in [0.1, 0.15) is 0 Å². The molecule has 4 atom stereocenters. The molecular weight excluding hydrogens is 122 g/mol. The highest BCUT2D eigenvalue weighted by atomic mass is 15.2. The van der Waals surface area contributed by atoms with Crippen molar-refractivity contribution >= 4 is 0 Å². The molecule has 60 valence electrons. The molecule has 10 heavy (non-hydrogen) atoms. The number of likely N-dealkylation sites (tertiary alicyclic amines) is 1. The zero-order chi connectivity index (χ0) is 7.89. The molecule has 1 aliphatic rings. The summed E-state index contributed by atoms with van der Waals surface area (Å²) < 4.78 is 0. The Morgan fingerprint density at radius 1 is 0.800 bits per heavy atom. The Labute approximate surface area is 64.4 Å². The fraction of sp³-hybridized carbons (Fsp3) is 1.00. The van der Waals surface area contributed by atoms with Gasteiger partial charge in [0.05, 0.1) is 0 Å². The van der Waals surface area contributed by atoms with Gasteiger partial charge in [-0.1, -0.05) is 13.8 Å². The van der Waals surface area contributed by atoms with Crippen LogP contribution in [0.5, 0.6) is 0 Å². The summed E-state index contributed by atoms with van der Waals surface area (Å²) in [6.07, 6.45) is 0. The van der Waals surface area contributed by atoms with Crippen molar-refractivity contribution in [2.45, 2.75) is 39.8 Å². The molecule has 1 nitrogen and oxygen atoms in total. The van der Waals surface area contributed by atoms with Gasteiger partial charge in [0, 0.05) is 12.1 Å². The molecular formula is C9H19N. The van der Waals surface area contributed by atoms with Crippen molar-refractivity contribution in [3.05, 3.63) is 0 Å². The van der Waals surface area contributed by atoms with Crippen molar-refractivity contribution in [1.29, 1.82) is 0 Å². The largest absolute Gasteiger partial charge is 0.300 e. The van der Waals surface area contributed by atoms with Crippen LogP contribution < -0.4 is 0 Å². The first-order valence-electron chi connectivity index (χ1n) is 4.27. The number of nitrogens with zero attached hydrogens (tertiary/aromatic N) is 1. The Bertz CT molecular complexity index is 77.1. The smallest absolute Gasteiger partial charge is 0.00955 e. The highest BCUT2D eigenvalue weighted by molar-refractivity contribution is 4.89. The summed E-state index contributed by atoms with van der Waals surface area (Å²) in [7, 11) is 2.23. The highest BCUT2D eigenvalue weighted by Gasteiger charge is 2.36. The van der Waals surface area contributed by atoms with Gasteiger partial charge in [-0.2, -0.15) is 0 Å². The Kier molecular flexibility index (Phi) is 2.04. The van der Waals surface area contributed by atoms with E-state index in [-0.39, 0.29) is 0 Å². The van der Waals surface area contributed by atoms with Crippen LogP contribution in [0, 0.1) is 11.8 Å². The molecule has 1 saturated heterocycles. The second-order valence-corrected chi connectivity index (χ2v) is 3.86. The third-order valence-corrected chi connectivity index (χ3v) is 3.64. The Morgan fingerprint density at radius 3 is 1.20 bits per heavy atom. The maximum absolute atomic E-state index is 2.48. The SMILES string of the molecule is CC1[C@@H](C)[C@@H](C)[C@@H](C)N1C. The lowest BCUT2D eigenvalue weighted by molar-refractivity contribution is 0.248. The monoisotopic (exact) mass is 141 g/mol. The van der Waals surface area contributed by atoms with E-state index in [4.69, 9.17) is 0 Å². The lowest BCUT2D eigenvalue weighted by atomic mass is 9.92. The first-order chi connectivity index (χ1) is 4.55. The average molecular weight is 141 g/mol. The summed E-state index contributed by atoms with van der Waals surface area (Å²) >= 11 is 0. The van der Waals surface area contributed by atoms with Gasteiger partial charge in [-0.05, 0) is 32.7 Å². The number of hydrogen-bond acceptors (Lipinski definition) is 1. The van der Waals surface area contributed by atoms with Crippen LogP contribution in [0.25, 0.3) is 0 Å². The third kappa shape index (κ3) is 0.968. The molecule has 0 aromatic heterocycles. The summed E-state index contributed by atoms with van der Waals surface area (Å²) in [5.74, 6) is 1.72. The van der Waals surface area contributed by atoms with Crippen molar-refractivity contribution in [3.8, 4) is 0 Å². The second-order valence-electron chi connectivity index (χ2n) is 3.86. The lowest BCUT2D eigenvalue weighted by Crippen LogP contribution is -2.29. The van der Waals surface area contributed by atoms with E-state index in [2.05, 4.69) is 39.6 Å². The third-order valence-electron chi connectivity index (χ3n) is 3.64. The summed E-state index contributed by atoms with van der Waals surface area (Å²) in [6, 6.07) is 1.54. The lowest BCUT2D eigenvalue weighted by Gasteiger charge is -2.20. The van der Waals surface area contributed by atoms with Crippen LogP contribution in [-0.2, 0) is 0 Å². The highest BCUT2D eigenvalue weighted by Crippen LogP contribution is 2.32. The van der Waals surface area contributed by atoms with E-state index in [0.29, 0.717) is 0 Å². The van der Waals surface area contributed by atoms with E-state index in [1.54, 1.807) is 0 Å². The van der Waals surface area contributed by atoms with Crippen LogP contribution in [-0.4, -0.2) is 24.0 Å². The molecule has 1 fully saturated rings. The molecule has 0 bridgehead atoms. The van der Waals surface area contributed by atoms with Gasteiger partial charge in [0.25, 0.3) is 0 Å². The van der Waals surface area contributed by atoms with Crippen LogP contribution in [0.1, 0.15) is 27.7 Å². The minimum absolute atomic E-state index is 0.769. The number of rotatable bonds is 0. The van der Waals surface area contributed by atoms with Crippen LogP contribution in [0.2, 0.25) is 0 Å². The number of hydrogen-bond donors (Lipinski definition) is 0. The van der Waals surface area contributed by atoms with E-state index in [1.165, 1.54) is 0 Å². The van der Waals surface area contributed by atoms with Crippen LogP contribution >= 0.6 is 0 Å². The van der Waals surface area contributed by atoms with Gasteiger partial charge in [0.15, 0.2) is 0 Å². The van der Waals surface area contributed by atoms with Crippen molar-refractivity contribution in [1.82, 2.24) is 4.90 Å². The molecule has 0 radical (unpaired) electrons. The Morgan fingerprint density at radius 2 is 1.10 bits per heavy atom. The van der Waals surface area contributed by atoms with Crippen LogP contribution in [0.4, 0.5) is 0 Å². The minimum atomic E-state index is 0.769. The standard InChI is InChI=1S/C9H19N/c1-6-7(2)9(4)10(5)8(6)3/h6-9H,1-5H3/t6-,7+,8-,9?/m1/s1. The maximum atomic E-state index is 2.48. The molecule has 0 aromatic rings. The minimum Gasteiger partial charge on any atom is -0.300 e. The van der Waals surface area contributed by atoms with Gasteiger partial charge in [-0.25, -0.2) is 0 Å². The summed E-state index contributed by atoms with van der Waals surface area (Å²) in [6.45, 7) is 9.36. The summed E-state index contributed by atoms with van der Waals surface area (Å²) in [5.41, 5.74) is 0. The molecule has 0 spiro atoms. The van der Waals surface area contributed by atoms with E-state index in [0.717, 1.165) is 23.9 Å². The van der Waals surface area contributed by atoms with E-state index < -0.39 is 0 Å². The van der Waals surface area contributed by atoms with Crippen LogP contribution in [0.15, 0.2) is 0 Å². The van der Waals surface area contributed by atoms with Gasteiger partial charge in [-0.3, -0.25) is 0 Å². The molecule has 0 N–H and O–H groups in total. The van der Waals surface area contributed by atoms with Gasteiger partial charge in [-0.15, -0.1) is 0 Å². The molecule has 1 rings (SSSR count). The van der Waals surface area contributed by atoms with Crippen molar-refractivity contribution in [3.63, 3.8) is 0 Å². The second kappa shape index (κ2) is 2.54. The van der Waals surface area contributed by atoms with Crippen LogP contribution in [0.3, 0.4) is 0 Å². The summed E-state index contributed by atoms with van der Waals surface area (Å²) in [4.78, 5) is 2.48. The predicted molar refractivity (Wildman–Crippen MR) is 45.0 cm³/mol. The normalized spacial score (nSPS) is 50.1. The molecule has 0 saturated carbocycles. The predicted octanol–water partition coefficient (Wildman–Crippen LogP) is 1.98. The first kappa shape index (κ1) is 8.06.